The van der Waals surface area contributed by atoms with Gasteiger partial charge in [-0.25, -0.2) is 44.8 Å². The third-order valence-corrected chi connectivity index (χ3v) is 17.6. The largest absolute Gasteiger partial charge is 0.465 e. The van der Waals surface area contributed by atoms with Crippen molar-refractivity contribution >= 4 is 67.5 Å². The summed E-state index contributed by atoms with van der Waals surface area (Å²) in [5.41, 5.74) is 3.97. The molecule has 77 heavy (non-hydrogen) atoms. The Labute approximate surface area is 455 Å². The zero-order valence-electron chi connectivity index (χ0n) is 43.3. The van der Waals surface area contributed by atoms with E-state index >= 15 is 4.39 Å². The number of carbonyl (C=O) groups is 4. The molecule has 0 spiro atoms. The number of hydrogen-bond donors (Lipinski definition) is 1. The molecule has 0 saturated carbocycles. The minimum atomic E-state index is -3.18. The van der Waals surface area contributed by atoms with Crippen LogP contribution >= 0.6 is 12.4 Å². The highest BCUT2D eigenvalue weighted by atomic mass is 35.5. The van der Waals surface area contributed by atoms with Gasteiger partial charge in [-0.3, -0.25) is 24.5 Å². The molecule has 0 aliphatic carbocycles. The number of rotatable bonds is 13. The van der Waals surface area contributed by atoms with Crippen molar-refractivity contribution in [2.24, 2.45) is 0 Å². The van der Waals surface area contributed by atoms with Gasteiger partial charge < -0.3 is 29.3 Å². The van der Waals surface area contributed by atoms with Crippen molar-refractivity contribution in [3.8, 4) is 0 Å². The van der Waals surface area contributed by atoms with E-state index in [-0.39, 0.29) is 96.9 Å². The van der Waals surface area contributed by atoms with Gasteiger partial charge in [0.15, 0.2) is 19.7 Å². The molecule has 24 heteroatoms. The molecule has 0 bridgehead atoms. The standard InChI is InChI=1S/C28H35FN4O6S.C25H31FN4O5S.ClH/c1-38-27(34)22-4-5-23(26(29)16-22)18-33(28(35)32-12-14-40(36,37)15-13-32)24-6-2-21(3-7-24)17-30-8-10-31(11-9-30)25-19-39-20-25;1-35-24(31)20-4-5-21(23(26)16-20)18-30(25(32)29-12-14-36(33,34)15-13-29)22-6-2-19(3-7-22)17-28-10-8-27-9-11-28;/h2-7,16,25H,8-15,17-20H2,1H3;2-7,16,27H,8-15,17-18H2,1H3;1H. The molecule has 19 nitrogen and oxygen atoms in total. The Balaban J connectivity index is 0.000000222. The molecule has 1 N–H and O–H groups in total. The third kappa shape index (κ3) is 15.7. The zero-order valence-corrected chi connectivity index (χ0v) is 45.8. The summed E-state index contributed by atoms with van der Waals surface area (Å²) >= 11 is 0. The minimum absolute atomic E-state index is 0. The molecule has 5 saturated heterocycles. The predicted octanol–water partition coefficient (Wildman–Crippen LogP) is 4.28. The number of esters is 2. The van der Waals surface area contributed by atoms with Crippen LogP contribution in [0.15, 0.2) is 84.9 Å². The van der Waals surface area contributed by atoms with E-state index in [0.29, 0.717) is 17.4 Å². The van der Waals surface area contributed by atoms with Crippen molar-refractivity contribution in [3.05, 3.63) is 130 Å². The molecule has 5 aliphatic heterocycles. The molecule has 5 heterocycles. The highest BCUT2D eigenvalue weighted by Crippen LogP contribution is 2.26. The fourth-order valence-electron chi connectivity index (χ4n) is 9.54. The maximum absolute atomic E-state index is 15.0. The lowest BCUT2D eigenvalue weighted by atomic mass is 10.1. The Morgan fingerprint density at radius 3 is 1.31 bits per heavy atom. The van der Waals surface area contributed by atoms with E-state index in [0.717, 1.165) is 102 Å². The van der Waals surface area contributed by atoms with Crippen LogP contribution in [-0.2, 0) is 60.1 Å². The first-order chi connectivity index (χ1) is 36.5. The van der Waals surface area contributed by atoms with Crippen LogP contribution in [0.5, 0.6) is 0 Å². The van der Waals surface area contributed by atoms with Crippen molar-refractivity contribution < 1.29 is 59.0 Å². The second-order valence-electron chi connectivity index (χ2n) is 19.5. The first-order valence-electron chi connectivity index (χ1n) is 25.4. The van der Waals surface area contributed by atoms with Crippen molar-refractivity contribution in [1.29, 1.82) is 0 Å². The van der Waals surface area contributed by atoms with Gasteiger partial charge in [-0.05, 0) is 59.7 Å². The monoisotopic (exact) mass is 1130 g/mol. The van der Waals surface area contributed by atoms with Crippen LogP contribution in [0.1, 0.15) is 43.0 Å². The van der Waals surface area contributed by atoms with Crippen LogP contribution in [0.25, 0.3) is 0 Å². The summed E-state index contributed by atoms with van der Waals surface area (Å²) in [6, 6.07) is 23.0. The molecule has 4 aromatic carbocycles. The second-order valence-corrected chi connectivity index (χ2v) is 24.1. The van der Waals surface area contributed by atoms with Crippen molar-refractivity contribution in [2.75, 3.05) is 139 Å². The third-order valence-electron chi connectivity index (χ3n) is 14.4. The fourth-order valence-corrected chi connectivity index (χ4v) is 11.9. The Kier molecular flexibility index (Phi) is 20.4. The molecule has 9 rings (SSSR count). The second kappa shape index (κ2) is 26.7. The van der Waals surface area contributed by atoms with Crippen LogP contribution in [0.4, 0.5) is 29.7 Å². The SMILES string of the molecule is COC(=O)c1ccc(CN(C(=O)N2CCS(=O)(=O)CC2)c2ccc(CN3CCN(C4COC4)CC3)cc2)c(F)c1.COC(=O)c1ccc(CN(C(=O)N2CCS(=O)(=O)CC2)c2ccc(CN3CCNCC3)cc2)c(F)c1.Cl. The number of nitrogens with zero attached hydrogens (tertiary/aromatic N) is 7. The van der Waals surface area contributed by atoms with Crippen molar-refractivity contribution in [2.45, 2.75) is 32.2 Å². The van der Waals surface area contributed by atoms with Gasteiger partial charge in [0.1, 0.15) is 11.6 Å². The van der Waals surface area contributed by atoms with Crippen LogP contribution in [0.3, 0.4) is 0 Å². The molecule has 4 amide bonds. The van der Waals surface area contributed by atoms with Gasteiger partial charge >= 0.3 is 24.0 Å². The fraction of sp³-hybridized carbons (Fsp3) is 0.472. The molecule has 4 aromatic rings. The Bertz CT molecular complexity index is 2900. The number of benzene rings is 4. The molecular formula is C53H67ClF2N8O11S2. The van der Waals surface area contributed by atoms with Gasteiger partial charge in [0, 0.05) is 114 Å². The number of halogens is 3. The number of methoxy groups -OCH3 is 2. The summed E-state index contributed by atoms with van der Waals surface area (Å²) in [5.74, 6) is -2.97. The molecule has 0 aromatic heterocycles. The number of carbonyl (C=O) groups excluding carboxylic acids is 4. The Morgan fingerprint density at radius 2 is 0.961 bits per heavy atom. The summed E-state index contributed by atoms with van der Waals surface area (Å²) in [4.78, 5) is 63.8. The van der Waals surface area contributed by atoms with Gasteiger partial charge in [-0.15, -0.1) is 12.4 Å². The van der Waals surface area contributed by atoms with E-state index in [9.17, 15) is 40.4 Å². The van der Waals surface area contributed by atoms with Crippen LogP contribution in [0.2, 0.25) is 0 Å². The van der Waals surface area contributed by atoms with Gasteiger partial charge in [-0.1, -0.05) is 36.4 Å². The van der Waals surface area contributed by atoms with Gasteiger partial charge in [0.25, 0.3) is 0 Å². The summed E-state index contributed by atoms with van der Waals surface area (Å²) in [7, 11) is -3.90. The van der Waals surface area contributed by atoms with E-state index in [2.05, 4.69) is 29.5 Å². The number of nitrogens with one attached hydrogen (secondary N) is 1. The molecule has 5 aliphatic rings. The van der Waals surface area contributed by atoms with Crippen LogP contribution < -0.4 is 15.1 Å². The molecule has 0 atom stereocenters. The topological polar surface area (TPSA) is 199 Å². The number of hydrogen-bond acceptors (Lipinski definition) is 15. The summed E-state index contributed by atoms with van der Waals surface area (Å²) < 4.78 is 92.1. The molecule has 0 radical (unpaired) electrons. The molecular weight excluding hydrogens is 1060 g/mol. The number of anilines is 2. The summed E-state index contributed by atoms with van der Waals surface area (Å²) in [6.07, 6.45) is 0. The zero-order chi connectivity index (χ0) is 54.0. The van der Waals surface area contributed by atoms with E-state index in [1.807, 2.05) is 48.5 Å². The number of urea groups is 2. The number of sulfone groups is 2. The van der Waals surface area contributed by atoms with E-state index in [1.54, 1.807) is 0 Å². The van der Waals surface area contributed by atoms with E-state index < -0.39 is 55.3 Å². The number of ether oxygens (including phenoxy) is 3. The lowest BCUT2D eigenvalue weighted by Crippen LogP contribution is -2.56. The lowest BCUT2D eigenvalue weighted by molar-refractivity contribution is -0.0774. The van der Waals surface area contributed by atoms with E-state index in [1.165, 1.54) is 58.1 Å². The highest BCUT2D eigenvalue weighted by molar-refractivity contribution is 7.91. The van der Waals surface area contributed by atoms with Crippen LogP contribution in [-0.4, -0.2) is 200 Å². The average Bonchev–Trinajstić information content (AvgIpc) is 3.41. The minimum Gasteiger partial charge on any atom is -0.465 e. The molecule has 5 fully saturated rings. The van der Waals surface area contributed by atoms with Gasteiger partial charge in [0.05, 0.1) is 80.7 Å². The average molecular weight is 1130 g/mol. The quantitative estimate of drug-likeness (QED) is 0.186. The maximum Gasteiger partial charge on any atom is 0.337 e. The Hall–Kier alpha value is -5.79. The first-order valence-corrected chi connectivity index (χ1v) is 29.0. The lowest BCUT2D eigenvalue weighted by Gasteiger charge is -2.42. The first kappa shape index (κ1) is 58.9. The van der Waals surface area contributed by atoms with Crippen molar-refractivity contribution in [1.82, 2.24) is 29.8 Å². The molecule has 0 unspecified atom stereocenters. The maximum atomic E-state index is 15.0. The van der Waals surface area contributed by atoms with Gasteiger partial charge in [-0.2, -0.15) is 0 Å². The normalized spacial score (nSPS) is 18.9. The summed E-state index contributed by atoms with van der Waals surface area (Å²) in [5, 5.41) is 3.33. The Morgan fingerprint density at radius 1 is 0.571 bits per heavy atom. The number of piperazine rings is 2. The number of amides is 4. The summed E-state index contributed by atoms with van der Waals surface area (Å²) in [6.45, 7) is 11.2. The van der Waals surface area contributed by atoms with Gasteiger partial charge in [0.2, 0.25) is 0 Å². The highest BCUT2D eigenvalue weighted by Gasteiger charge is 2.33. The van der Waals surface area contributed by atoms with E-state index in [4.69, 9.17) is 4.74 Å². The predicted molar refractivity (Wildman–Crippen MR) is 289 cm³/mol. The van der Waals surface area contributed by atoms with Crippen LogP contribution in [0, 0.1) is 11.6 Å². The smallest absolute Gasteiger partial charge is 0.337 e. The van der Waals surface area contributed by atoms with Crippen molar-refractivity contribution in [3.63, 3.8) is 0 Å². The molecule has 418 valence electrons.